The van der Waals surface area contributed by atoms with Crippen LogP contribution >= 0.6 is 0 Å². The molecule has 1 saturated carbocycles. The van der Waals surface area contributed by atoms with E-state index < -0.39 is 6.04 Å². The molecule has 3 aromatic rings. The maximum absolute atomic E-state index is 14.1. The van der Waals surface area contributed by atoms with Crippen molar-refractivity contribution < 1.29 is 14.0 Å². The van der Waals surface area contributed by atoms with Crippen molar-refractivity contribution >= 4 is 11.8 Å². The van der Waals surface area contributed by atoms with Gasteiger partial charge in [0, 0.05) is 18.3 Å². The lowest BCUT2D eigenvalue weighted by Crippen LogP contribution is -2.47. The lowest BCUT2D eigenvalue weighted by atomic mass is 9.94. The van der Waals surface area contributed by atoms with Crippen LogP contribution in [0, 0.1) is 5.82 Å². The number of benzene rings is 2. The Morgan fingerprint density at radius 2 is 1.62 bits per heavy atom. The van der Waals surface area contributed by atoms with Gasteiger partial charge >= 0.3 is 0 Å². The van der Waals surface area contributed by atoms with Gasteiger partial charge in [-0.15, -0.1) is 0 Å². The molecule has 0 saturated heterocycles. The fourth-order valence-corrected chi connectivity index (χ4v) is 5.46. The highest BCUT2D eigenvalue weighted by molar-refractivity contribution is 5.97. The Bertz CT molecular complexity index is 1180. The van der Waals surface area contributed by atoms with Crippen molar-refractivity contribution in [3.63, 3.8) is 0 Å². The zero-order valence-corrected chi connectivity index (χ0v) is 23.2. The Hall–Kier alpha value is -3.45. The smallest absolute Gasteiger partial charge is 0.271 e. The van der Waals surface area contributed by atoms with E-state index in [4.69, 9.17) is 0 Å². The number of carbonyl (C=O) groups is 2. The normalized spacial score (nSPS) is 14.8. The Kier molecular flexibility index (Phi) is 10.3. The highest BCUT2D eigenvalue weighted by Gasteiger charge is 2.34. The van der Waals surface area contributed by atoms with E-state index in [9.17, 15) is 14.0 Å². The molecule has 7 heteroatoms. The average Bonchev–Trinajstić information content (AvgIpc) is 3.47. The third kappa shape index (κ3) is 7.57. The zero-order chi connectivity index (χ0) is 27.6. The zero-order valence-electron chi connectivity index (χ0n) is 23.2. The Morgan fingerprint density at radius 3 is 2.28 bits per heavy atom. The fourth-order valence-electron chi connectivity index (χ4n) is 5.46. The van der Waals surface area contributed by atoms with Crippen molar-refractivity contribution in [2.24, 2.45) is 0 Å². The molecule has 1 heterocycles. The molecule has 1 aromatic heterocycles. The third-order valence-corrected chi connectivity index (χ3v) is 7.73. The molecule has 0 radical (unpaired) electrons. The van der Waals surface area contributed by atoms with E-state index in [1.165, 1.54) is 18.6 Å². The van der Waals surface area contributed by atoms with Crippen LogP contribution in [0.4, 0.5) is 4.39 Å². The number of nitrogens with zero attached hydrogens (tertiary/aromatic N) is 2. The van der Waals surface area contributed by atoms with Gasteiger partial charge in [-0.2, -0.15) is 0 Å². The molecule has 208 valence electrons. The molecule has 2 aromatic carbocycles. The van der Waals surface area contributed by atoms with Crippen LogP contribution in [-0.4, -0.2) is 58.8 Å². The molecule has 4 rings (SSSR count). The second kappa shape index (κ2) is 14.1. The third-order valence-electron chi connectivity index (χ3n) is 7.73. The average molecular weight is 533 g/mol. The van der Waals surface area contributed by atoms with E-state index in [1.54, 1.807) is 23.1 Å². The van der Waals surface area contributed by atoms with E-state index in [0.29, 0.717) is 24.2 Å². The summed E-state index contributed by atoms with van der Waals surface area (Å²) < 4.78 is 13.9. The van der Waals surface area contributed by atoms with Gasteiger partial charge < -0.3 is 20.1 Å². The monoisotopic (exact) mass is 532 g/mol. The van der Waals surface area contributed by atoms with Crippen LogP contribution in [0.2, 0.25) is 0 Å². The number of nitrogens with one attached hydrogen (secondary N) is 2. The van der Waals surface area contributed by atoms with Crippen LogP contribution in [0.5, 0.6) is 0 Å². The Balaban J connectivity index is 1.66. The number of aromatic nitrogens is 1. The largest absolute Gasteiger partial charge is 0.351 e. The van der Waals surface area contributed by atoms with E-state index in [1.807, 2.05) is 36.4 Å². The topological polar surface area (TPSA) is 68.4 Å². The first-order chi connectivity index (χ1) is 19.0. The summed E-state index contributed by atoms with van der Waals surface area (Å²) in [4.78, 5) is 35.2. The molecular weight excluding hydrogens is 491 g/mol. The minimum absolute atomic E-state index is 0.0944. The number of aromatic amines is 1. The lowest BCUT2D eigenvalue weighted by molar-refractivity contribution is -0.127. The number of amides is 2. The molecule has 1 aliphatic rings. The Labute approximate surface area is 231 Å². The van der Waals surface area contributed by atoms with Crippen molar-refractivity contribution in [1.82, 2.24) is 20.1 Å². The maximum Gasteiger partial charge on any atom is 0.271 e. The first-order valence-corrected chi connectivity index (χ1v) is 14.3. The van der Waals surface area contributed by atoms with Gasteiger partial charge in [-0.25, -0.2) is 4.39 Å². The molecule has 2 N–H and O–H groups in total. The van der Waals surface area contributed by atoms with Crippen LogP contribution in [0.25, 0.3) is 11.3 Å². The summed E-state index contributed by atoms with van der Waals surface area (Å²) in [5, 5.41) is 3.22. The second-order valence-corrected chi connectivity index (χ2v) is 10.3. The second-order valence-electron chi connectivity index (χ2n) is 10.3. The number of rotatable bonds is 12. The maximum atomic E-state index is 14.1. The van der Waals surface area contributed by atoms with Crippen molar-refractivity contribution in [2.45, 2.75) is 64.5 Å². The van der Waals surface area contributed by atoms with Crippen molar-refractivity contribution in [2.75, 3.05) is 26.2 Å². The predicted molar refractivity (Wildman–Crippen MR) is 154 cm³/mol. The van der Waals surface area contributed by atoms with Gasteiger partial charge in [-0.05, 0) is 74.3 Å². The predicted octanol–water partition coefficient (Wildman–Crippen LogP) is 6.19. The van der Waals surface area contributed by atoms with E-state index in [2.05, 4.69) is 29.0 Å². The van der Waals surface area contributed by atoms with Crippen LogP contribution in [0.15, 0.2) is 66.7 Å². The quantitative estimate of drug-likeness (QED) is 0.292. The molecular formula is C32H41FN4O2. The summed E-state index contributed by atoms with van der Waals surface area (Å²) in [6, 6.07) is 18.7. The van der Waals surface area contributed by atoms with Gasteiger partial charge in [0.15, 0.2) is 0 Å². The van der Waals surface area contributed by atoms with Crippen LogP contribution in [0.1, 0.15) is 74.5 Å². The van der Waals surface area contributed by atoms with Crippen molar-refractivity contribution in [3.05, 3.63) is 83.8 Å². The van der Waals surface area contributed by atoms with Gasteiger partial charge in [0.25, 0.3) is 5.91 Å². The summed E-state index contributed by atoms with van der Waals surface area (Å²) in [7, 11) is 0. The highest BCUT2D eigenvalue weighted by Crippen LogP contribution is 2.27. The van der Waals surface area contributed by atoms with Crippen molar-refractivity contribution in [3.8, 4) is 11.3 Å². The molecule has 0 spiro atoms. The summed E-state index contributed by atoms with van der Waals surface area (Å²) in [5.41, 5.74) is 2.85. The first-order valence-electron chi connectivity index (χ1n) is 14.3. The summed E-state index contributed by atoms with van der Waals surface area (Å²) in [6.07, 6.45) is 5.95. The molecule has 1 aliphatic carbocycles. The van der Waals surface area contributed by atoms with Gasteiger partial charge in [-0.3, -0.25) is 9.59 Å². The van der Waals surface area contributed by atoms with E-state index in [-0.39, 0.29) is 23.7 Å². The minimum atomic E-state index is -0.861. The van der Waals surface area contributed by atoms with Gasteiger partial charge in [0.1, 0.15) is 17.6 Å². The molecule has 0 bridgehead atoms. The SMILES string of the molecule is CCN(CC)CCCN(C(=O)c1ccc(-c2ccccc2)[nH]1)[C@@H](C(=O)NC1CCCCC1)c1ccc(F)cc1. The molecule has 0 aliphatic heterocycles. The van der Waals surface area contributed by atoms with Crippen LogP contribution < -0.4 is 5.32 Å². The molecule has 1 atom stereocenters. The summed E-state index contributed by atoms with van der Waals surface area (Å²) in [5.74, 6) is -0.828. The standard InChI is InChI=1S/C32H41FN4O2/c1-3-36(4-2)22-11-23-37(32(39)29-21-20-28(35-29)24-12-7-5-8-13-24)30(25-16-18-26(33)19-17-25)31(38)34-27-14-9-6-10-15-27/h5,7-8,12-13,16-21,27,30,35H,3-4,6,9-11,14-15,22-23H2,1-2H3,(H,34,38)/t30-/m1/s1. The molecule has 1 fully saturated rings. The number of hydrogen-bond donors (Lipinski definition) is 2. The van der Waals surface area contributed by atoms with E-state index in [0.717, 1.165) is 56.6 Å². The summed E-state index contributed by atoms with van der Waals surface area (Å²) in [6.45, 7) is 7.30. The molecule has 6 nitrogen and oxygen atoms in total. The lowest BCUT2D eigenvalue weighted by Gasteiger charge is -2.33. The molecule has 2 amide bonds. The van der Waals surface area contributed by atoms with Gasteiger partial charge in [-0.1, -0.05) is 75.6 Å². The van der Waals surface area contributed by atoms with E-state index >= 15 is 0 Å². The Morgan fingerprint density at radius 1 is 0.923 bits per heavy atom. The number of carbonyl (C=O) groups excluding carboxylic acids is 2. The van der Waals surface area contributed by atoms with Gasteiger partial charge in [0.05, 0.1) is 0 Å². The fraction of sp³-hybridized carbons (Fsp3) is 0.438. The van der Waals surface area contributed by atoms with Crippen LogP contribution in [0.3, 0.4) is 0 Å². The number of hydrogen-bond acceptors (Lipinski definition) is 3. The highest BCUT2D eigenvalue weighted by atomic mass is 19.1. The number of halogens is 1. The minimum Gasteiger partial charge on any atom is -0.351 e. The van der Waals surface area contributed by atoms with Gasteiger partial charge in [0.2, 0.25) is 5.91 Å². The number of H-pyrrole nitrogens is 1. The first kappa shape index (κ1) is 28.6. The molecule has 39 heavy (non-hydrogen) atoms. The van der Waals surface area contributed by atoms with Crippen LogP contribution in [-0.2, 0) is 4.79 Å². The molecule has 0 unspecified atom stereocenters. The summed E-state index contributed by atoms with van der Waals surface area (Å²) >= 11 is 0. The van der Waals surface area contributed by atoms with Crippen molar-refractivity contribution in [1.29, 1.82) is 0 Å².